The number of rotatable bonds is 7. The van der Waals surface area contributed by atoms with Gasteiger partial charge in [0.1, 0.15) is 22.5 Å². The number of carbonyl (C=O) groups is 2. The molecule has 180 valence electrons. The number of hydrogen-bond donors (Lipinski definition) is 1. The van der Waals surface area contributed by atoms with E-state index < -0.39 is 5.97 Å². The van der Waals surface area contributed by atoms with Crippen molar-refractivity contribution in [1.82, 2.24) is 9.88 Å². The molecule has 1 saturated heterocycles. The molecule has 0 aliphatic carbocycles. The van der Waals surface area contributed by atoms with E-state index in [-0.39, 0.29) is 19.1 Å². The van der Waals surface area contributed by atoms with E-state index in [0.29, 0.717) is 35.0 Å². The van der Waals surface area contributed by atoms with Crippen LogP contribution in [0.3, 0.4) is 0 Å². The Balaban J connectivity index is 1.44. The van der Waals surface area contributed by atoms with Gasteiger partial charge in [-0.15, -0.1) is 11.3 Å². The molecule has 8 nitrogen and oxygen atoms in total. The minimum atomic E-state index is -0.447. The van der Waals surface area contributed by atoms with Crippen molar-refractivity contribution in [2.45, 2.75) is 13.3 Å². The molecule has 0 bridgehead atoms. The SMILES string of the molecule is CCOC(=O)c1c(-c2ccccc2)csc1NC(=O)CN1CCCN(c2ncccc2C#N)CC1. The van der Waals surface area contributed by atoms with Gasteiger partial charge in [0, 0.05) is 43.3 Å². The van der Waals surface area contributed by atoms with Gasteiger partial charge in [-0.05, 0) is 31.0 Å². The number of hydrogen-bond acceptors (Lipinski definition) is 8. The third-order valence-electron chi connectivity index (χ3n) is 5.77. The van der Waals surface area contributed by atoms with Gasteiger partial charge < -0.3 is 15.0 Å². The Morgan fingerprint density at radius 2 is 1.97 bits per heavy atom. The predicted octanol–water partition coefficient (Wildman–Crippen LogP) is 4.01. The van der Waals surface area contributed by atoms with Gasteiger partial charge in [-0.25, -0.2) is 9.78 Å². The first-order chi connectivity index (χ1) is 17.1. The number of nitrogens with zero attached hydrogens (tertiary/aromatic N) is 4. The fourth-order valence-corrected chi connectivity index (χ4v) is 5.11. The third-order valence-corrected chi connectivity index (χ3v) is 6.67. The summed E-state index contributed by atoms with van der Waals surface area (Å²) in [6.07, 6.45) is 2.54. The molecule has 35 heavy (non-hydrogen) atoms. The second-order valence-electron chi connectivity index (χ2n) is 8.09. The number of benzene rings is 1. The van der Waals surface area contributed by atoms with Gasteiger partial charge in [-0.3, -0.25) is 9.69 Å². The first-order valence-electron chi connectivity index (χ1n) is 11.6. The Morgan fingerprint density at radius 1 is 1.14 bits per heavy atom. The highest BCUT2D eigenvalue weighted by molar-refractivity contribution is 7.15. The molecule has 1 N–H and O–H groups in total. The standard InChI is InChI=1S/C26H27N5O3S/c1-2-34-26(33)23-21(19-8-4-3-5-9-19)18-35-25(23)29-22(32)17-30-12-7-13-31(15-14-30)24-20(16-27)10-6-11-28-24/h3-6,8-11,18H,2,7,12-15,17H2,1H3,(H,29,32). The quantitative estimate of drug-likeness (QED) is 0.501. The van der Waals surface area contributed by atoms with E-state index in [1.165, 1.54) is 11.3 Å². The van der Waals surface area contributed by atoms with E-state index in [4.69, 9.17) is 4.74 Å². The Morgan fingerprint density at radius 3 is 2.74 bits per heavy atom. The lowest BCUT2D eigenvalue weighted by atomic mass is 10.0. The smallest absolute Gasteiger partial charge is 0.341 e. The van der Waals surface area contributed by atoms with Crippen LogP contribution in [-0.2, 0) is 9.53 Å². The zero-order valence-corrected chi connectivity index (χ0v) is 20.4. The molecule has 1 aliphatic rings. The van der Waals surface area contributed by atoms with Gasteiger partial charge in [0.25, 0.3) is 0 Å². The number of anilines is 2. The topological polar surface area (TPSA) is 98.6 Å². The molecule has 0 spiro atoms. The van der Waals surface area contributed by atoms with E-state index in [1.807, 2.05) is 35.7 Å². The fourth-order valence-electron chi connectivity index (χ4n) is 4.13. The van der Waals surface area contributed by atoms with Crippen LogP contribution >= 0.6 is 11.3 Å². The third kappa shape index (κ3) is 5.85. The summed E-state index contributed by atoms with van der Waals surface area (Å²) in [5, 5.41) is 14.7. The van der Waals surface area contributed by atoms with Crippen molar-refractivity contribution in [2.24, 2.45) is 0 Å². The van der Waals surface area contributed by atoms with Crippen LogP contribution < -0.4 is 10.2 Å². The maximum absolute atomic E-state index is 13.0. The van der Waals surface area contributed by atoms with Crippen LogP contribution in [0.1, 0.15) is 29.3 Å². The van der Waals surface area contributed by atoms with Gasteiger partial charge >= 0.3 is 5.97 Å². The fraction of sp³-hybridized carbons (Fsp3) is 0.308. The molecule has 0 radical (unpaired) electrons. The molecule has 1 fully saturated rings. The van der Waals surface area contributed by atoms with Crippen molar-refractivity contribution in [3.05, 3.63) is 65.2 Å². The number of thiophene rings is 1. The number of amides is 1. The van der Waals surface area contributed by atoms with Crippen LogP contribution in [0.2, 0.25) is 0 Å². The van der Waals surface area contributed by atoms with E-state index in [2.05, 4.69) is 26.2 Å². The molecule has 0 atom stereocenters. The van der Waals surface area contributed by atoms with Crippen LogP contribution in [0.15, 0.2) is 54.0 Å². The first-order valence-corrected chi connectivity index (χ1v) is 12.4. The normalized spacial score (nSPS) is 14.1. The van der Waals surface area contributed by atoms with Gasteiger partial charge in [0.05, 0.1) is 18.7 Å². The number of nitriles is 1. The summed E-state index contributed by atoms with van der Waals surface area (Å²) in [4.78, 5) is 34.3. The number of carbonyl (C=O) groups excluding carboxylic acids is 2. The van der Waals surface area contributed by atoms with Crippen molar-refractivity contribution in [3.8, 4) is 17.2 Å². The summed E-state index contributed by atoms with van der Waals surface area (Å²) in [5.41, 5.74) is 2.58. The molecule has 1 amide bonds. The number of esters is 1. The van der Waals surface area contributed by atoms with Crippen molar-refractivity contribution in [3.63, 3.8) is 0 Å². The van der Waals surface area contributed by atoms with Crippen LogP contribution in [0.4, 0.5) is 10.8 Å². The zero-order valence-electron chi connectivity index (χ0n) is 19.6. The lowest BCUT2D eigenvalue weighted by Gasteiger charge is -2.23. The number of pyridine rings is 1. The Labute approximate surface area is 208 Å². The molecular formula is C26H27N5O3S. The highest BCUT2D eigenvalue weighted by Crippen LogP contribution is 2.36. The van der Waals surface area contributed by atoms with Crippen LogP contribution in [0.25, 0.3) is 11.1 Å². The summed E-state index contributed by atoms with van der Waals surface area (Å²) in [7, 11) is 0. The van der Waals surface area contributed by atoms with Gasteiger partial charge in [0.15, 0.2) is 0 Å². The minimum Gasteiger partial charge on any atom is -0.462 e. The van der Waals surface area contributed by atoms with Crippen LogP contribution in [-0.4, -0.2) is 61.1 Å². The summed E-state index contributed by atoms with van der Waals surface area (Å²) in [5.74, 6) is 0.0605. The Kier molecular flexibility index (Phi) is 8.08. The lowest BCUT2D eigenvalue weighted by Crippen LogP contribution is -2.36. The maximum Gasteiger partial charge on any atom is 0.341 e. The number of nitrogens with one attached hydrogen (secondary N) is 1. The molecule has 9 heteroatoms. The molecule has 3 heterocycles. The molecular weight excluding hydrogens is 462 g/mol. The monoisotopic (exact) mass is 489 g/mol. The van der Waals surface area contributed by atoms with Crippen molar-refractivity contribution < 1.29 is 14.3 Å². The molecule has 0 unspecified atom stereocenters. The molecule has 1 aliphatic heterocycles. The zero-order chi connectivity index (χ0) is 24.6. The van der Waals surface area contributed by atoms with E-state index >= 15 is 0 Å². The summed E-state index contributed by atoms with van der Waals surface area (Å²) >= 11 is 1.32. The summed E-state index contributed by atoms with van der Waals surface area (Å²) in [6.45, 7) is 5.08. The molecule has 0 saturated carbocycles. The molecule has 2 aromatic heterocycles. The second kappa shape index (κ2) is 11.6. The van der Waals surface area contributed by atoms with Gasteiger partial charge in [-0.1, -0.05) is 30.3 Å². The number of aromatic nitrogens is 1. The minimum absolute atomic E-state index is 0.180. The molecule has 3 aromatic rings. The Bertz CT molecular complexity index is 1220. The lowest BCUT2D eigenvalue weighted by molar-refractivity contribution is -0.117. The van der Waals surface area contributed by atoms with E-state index in [1.54, 1.807) is 25.3 Å². The van der Waals surface area contributed by atoms with E-state index in [0.717, 1.165) is 30.6 Å². The summed E-state index contributed by atoms with van der Waals surface area (Å²) in [6, 6.07) is 15.3. The maximum atomic E-state index is 13.0. The van der Waals surface area contributed by atoms with E-state index in [9.17, 15) is 14.9 Å². The highest BCUT2D eigenvalue weighted by atomic mass is 32.1. The molecule has 4 rings (SSSR count). The second-order valence-corrected chi connectivity index (χ2v) is 8.97. The number of ether oxygens (including phenoxy) is 1. The van der Waals surface area contributed by atoms with Gasteiger partial charge in [-0.2, -0.15) is 5.26 Å². The highest BCUT2D eigenvalue weighted by Gasteiger charge is 2.24. The largest absolute Gasteiger partial charge is 0.462 e. The first kappa shape index (κ1) is 24.4. The molecule has 1 aromatic carbocycles. The Hall–Kier alpha value is -3.74. The van der Waals surface area contributed by atoms with Crippen molar-refractivity contribution in [1.29, 1.82) is 5.26 Å². The predicted molar refractivity (Wildman–Crippen MR) is 137 cm³/mol. The van der Waals surface area contributed by atoms with Crippen molar-refractivity contribution >= 4 is 34.0 Å². The average Bonchev–Trinajstić information content (AvgIpc) is 3.15. The van der Waals surface area contributed by atoms with Crippen LogP contribution in [0, 0.1) is 11.3 Å². The van der Waals surface area contributed by atoms with Gasteiger partial charge in [0.2, 0.25) is 5.91 Å². The average molecular weight is 490 g/mol. The van der Waals surface area contributed by atoms with Crippen molar-refractivity contribution in [2.75, 3.05) is 49.5 Å². The van der Waals surface area contributed by atoms with Crippen LogP contribution in [0.5, 0.6) is 0 Å². The summed E-state index contributed by atoms with van der Waals surface area (Å²) < 4.78 is 5.28.